The number of hydrogen-bond acceptors (Lipinski definition) is 0. The van der Waals surface area contributed by atoms with Gasteiger partial charge in [-0.15, -0.1) is 12.5 Å². The van der Waals surface area contributed by atoms with E-state index in [1.54, 1.807) is 0 Å². The lowest BCUT2D eigenvalue weighted by molar-refractivity contribution is 0.614. The minimum atomic E-state index is 0.843. The minimum Gasteiger partial charge on any atom is -0.103 e. The van der Waals surface area contributed by atoms with Gasteiger partial charge in [0.25, 0.3) is 0 Å². The maximum absolute atomic E-state index is 3.63. The summed E-state index contributed by atoms with van der Waals surface area (Å²) in [7, 11) is 0. The maximum Gasteiger partial charge on any atom is 0.0267 e. The summed E-state index contributed by atoms with van der Waals surface area (Å²) in [6, 6.07) is 0. The molecule has 0 unspecified atom stereocenters. The van der Waals surface area contributed by atoms with Crippen molar-refractivity contribution in [2.24, 2.45) is 0 Å². The predicted molar refractivity (Wildman–Crippen MR) is 60.6 cm³/mol. The Hall–Kier alpha value is -0.700. The monoisotopic (exact) mass is 178 g/mol. The van der Waals surface area contributed by atoms with Gasteiger partial charge in [-0.25, -0.2) is 0 Å². The van der Waals surface area contributed by atoms with Gasteiger partial charge in [-0.3, -0.25) is 0 Å². The summed E-state index contributed by atoms with van der Waals surface area (Å²) >= 11 is 0. The average Bonchev–Trinajstić information content (AvgIpc) is 2.16. The molecular weight excluding hydrogens is 156 g/mol. The molecule has 0 saturated heterocycles. The van der Waals surface area contributed by atoms with Crippen molar-refractivity contribution in [3.63, 3.8) is 0 Å². The van der Waals surface area contributed by atoms with Gasteiger partial charge in [0.2, 0.25) is 0 Å². The van der Waals surface area contributed by atoms with Crippen molar-refractivity contribution in [1.82, 2.24) is 0 Å². The van der Waals surface area contributed by atoms with E-state index in [0.29, 0.717) is 0 Å². The standard InChI is InChI=1S/C13H22/c1-3-5-7-9-11-13-12-10-8-6-4-2/h3H,1,4-6,8,10-13H2,2H3. The van der Waals surface area contributed by atoms with Crippen LogP contribution in [-0.2, 0) is 0 Å². The Kier molecular flexibility index (Phi) is 10.7. The quantitative estimate of drug-likeness (QED) is 0.309. The van der Waals surface area contributed by atoms with Gasteiger partial charge >= 0.3 is 0 Å². The van der Waals surface area contributed by atoms with Crippen molar-refractivity contribution in [3.05, 3.63) is 12.7 Å². The molecule has 0 atom stereocenters. The molecule has 0 N–H and O–H groups in total. The summed E-state index contributed by atoms with van der Waals surface area (Å²) in [4.78, 5) is 0. The molecule has 0 saturated carbocycles. The van der Waals surface area contributed by atoms with Crippen molar-refractivity contribution in [2.45, 2.75) is 58.3 Å². The van der Waals surface area contributed by atoms with Crippen LogP contribution in [0.1, 0.15) is 58.3 Å². The first-order chi connectivity index (χ1) is 6.41. The van der Waals surface area contributed by atoms with Gasteiger partial charge in [-0.05, 0) is 6.42 Å². The molecule has 0 aromatic heterocycles. The third kappa shape index (κ3) is 11.3. The number of rotatable bonds is 7. The lowest BCUT2D eigenvalue weighted by Gasteiger charge is -1.96. The normalized spacial score (nSPS) is 9.00. The molecule has 0 bridgehead atoms. The zero-order valence-corrected chi connectivity index (χ0v) is 8.94. The van der Waals surface area contributed by atoms with Crippen LogP contribution >= 0.6 is 0 Å². The average molecular weight is 178 g/mol. The van der Waals surface area contributed by atoms with Crippen LogP contribution in [0.5, 0.6) is 0 Å². The largest absolute Gasteiger partial charge is 0.103 e. The van der Waals surface area contributed by atoms with E-state index in [0.717, 1.165) is 12.8 Å². The number of hydrogen-bond donors (Lipinski definition) is 0. The van der Waals surface area contributed by atoms with Crippen molar-refractivity contribution in [2.75, 3.05) is 0 Å². The predicted octanol–water partition coefficient (Wildman–Crippen LogP) is 4.32. The molecule has 0 amide bonds. The van der Waals surface area contributed by atoms with E-state index in [2.05, 4.69) is 25.3 Å². The molecule has 0 nitrogen and oxygen atoms in total. The van der Waals surface area contributed by atoms with Gasteiger partial charge in [-0.2, -0.15) is 0 Å². The molecular formula is C13H22. The zero-order chi connectivity index (χ0) is 9.78. The number of allylic oxidation sites excluding steroid dienone is 1. The van der Waals surface area contributed by atoms with Gasteiger partial charge in [0.15, 0.2) is 0 Å². The summed E-state index contributed by atoms with van der Waals surface area (Å²) in [5.41, 5.74) is 0. The SMILES string of the molecule is C=CCC#CCCCCCCCC. The Balaban J connectivity index is 3.00. The van der Waals surface area contributed by atoms with Crippen LogP contribution in [-0.4, -0.2) is 0 Å². The van der Waals surface area contributed by atoms with Crippen molar-refractivity contribution >= 4 is 0 Å². The first-order valence-electron chi connectivity index (χ1n) is 5.48. The highest BCUT2D eigenvalue weighted by Crippen LogP contribution is 2.05. The van der Waals surface area contributed by atoms with Crippen LogP contribution in [0.4, 0.5) is 0 Å². The van der Waals surface area contributed by atoms with E-state index in [9.17, 15) is 0 Å². The summed E-state index contributed by atoms with van der Waals surface area (Å²) in [6.45, 7) is 5.88. The second-order valence-corrected chi connectivity index (χ2v) is 3.36. The summed E-state index contributed by atoms with van der Waals surface area (Å²) in [5.74, 6) is 6.23. The fraction of sp³-hybridized carbons (Fsp3) is 0.692. The molecule has 0 fully saturated rings. The third-order valence-electron chi connectivity index (χ3n) is 2.03. The van der Waals surface area contributed by atoms with E-state index in [1.807, 2.05) is 6.08 Å². The Bertz CT molecular complexity index is 157. The molecule has 0 radical (unpaired) electrons. The summed E-state index contributed by atoms with van der Waals surface area (Å²) in [6.07, 6.45) is 11.9. The Morgan fingerprint density at radius 2 is 1.69 bits per heavy atom. The van der Waals surface area contributed by atoms with Crippen LogP contribution < -0.4 is 0 Å². The highest BCUT2D eigenvalue weighted by atomic mass is 13.9. The molecule has 0 rings (SSSR count). The van der Waals surface area contributed by atoms with Crippen molar-refractivity contribution in [3.8, 4) is 11.8 Å². The lowest BCUT2D eigenvalue weighted by atomic mass is 10.1. The fourth-order valence-corrected chi connectivity index (χ4v) is 1.23. The molecule has 74 valence electrons. The lowest BCUT2D eigenvalue weighted by Crippen LogP contribution is -1.77. The van der Waals surface area contributed by atoms with Crippen LogP contribution in [0.2, 0.25) is 0 Å². The van der Waals surface area contributed by atoms with E-state index in [1.165, 1.54) is 38.5 Å². The Labute approximate surface area is 83.4 Å². The molecule has 0 heteroatoms. The number of unbranched alkanes of at least 4 members (excludes halogenated alkanes) is 6. The van der Waals surface area contributed by atoms with E-state index in [4.69, 9.17) is 0 Å². The molecule has 0 spiro atoms. The Morgan fingerprint density at radius 1 is 1.00 bits per heavy atom. The summed E-state index contributed by atoms with van der Waals surface area (Å²) < 4.78 is 0. The second kappa shape index (κ2) is 11.3. The second-order valence-electron chi connectivity index (χ2n) is 3.36. The van der Waals surface area contributed by atoms with Crippen LogP contribution in [0.25, 0.3) is 0 Å². The van der Waals surface area contributed by atoms with Crippen molar-refractivity contribution in [1.29, 1.82) is 0 Å². The maximum atomic E-state index is 3.63. The van der Waals surface area contributed by atoms with E-state index < -0.39 is 0 Å². The highest BCUT2D eigenvalue weighted by molar-refractivity contribution is 5.02. The van der Waals surface area contributed by atoms with Crippen LogP contribution in [0, 0.1) is 11.8 Å². The summed E-state index contributed by atoms with van der Waals surface area (Å²) in [5, 5.41) is 0. The zero-order valence-electron chi connectivity index (χ0n) is 8.94. The minimum absolute atomic E-state index is 0.843. The molecule has 0 aliphatic heterocycles. The smallest absolute Gasteiger partial charge is 0.0267 e. The van der Waals surface area contributed by atoms with Crippen LogP contribution in [0.3, 0.4) is 0 Å². The van der Waals surface area contributed by atoms with Gasteiger partial charge < -0.3 is 0 Å². The molecule has 0 aromatic carbocycles. The Morgan fingerprint density at radius 3 is 2.38 bits per heavy atom. The van der Waals surface area contributed by atoms with Gasteiger partial charge in [0, 0.05) is 12.8 Å². The third-order valence-corrected chi connectivity index (χ3v) is 2.03. The van der Waals surface area contributed by atoms with E-state index >= 15 is 0 Å². The fourth-order valence-electron chi connectivity index (χ4n) is 1.23. The molecule has 0 aromatic rings. The highest BCUT2D eigenvalue weighted by Gasteiger charge is 1.87. The molecule has 0 aliphatic rings. The van der Waals surface area contributed by atoms with Gasteiger partial charge in [0.05, 0.1) is 0 Å². The van der Waals surface area contributed by atoms with Gasteiger partial charge in [-0.1, -0.05) is 51.0 Å². The molecule has 0 heterocycles. The van der Waals surface area contributed by atoms with Crippen molar-refractivity contribution < 1.29 is 0 Å². The van der Waals surface area contributed by atoms with Crippen LogP contribution in [0.15, 0.2) is 12.7 Å². The van der Waals surface area contributed by atoms with E-state index in [-0.39, 0.29) is 0 Å². The molecule has 13 heavy (non-hydrogen) atoms. The molecule has 0 aliphatic carbocycles. The topological polar surface area (TPSA) is 0 Å². The van der Waals surface area contributed by atoms with Gasteiger partial charge in [0.1, 0.15) is 0 Å². The first-order valence-corrected chi connectivity index (χ1v) is 5.48. The first kappa shape index (κ1) is 12.3.